The number of hydrogen-bond acceptors (Lipinski definition) is 4. The zero-order chi connectivity index (χ0) is 21.6. The maximum atomic E-state index is 12.7. The molecule has 8 heteroatoms. The third-order valence-corrected chi connectivity index (χ3v) is 6.31. The second-order valence-corrected chi connectivity index (χ2v) is 8.42. The highest BCUT2D eigenvalue weighted by atomic mass is 16.2. The molecule has 1 amide bonds. The smallest absolute Gasteiger partial charge is 0.239 e. The van der Waals surface area contributed by atoms with Crippen LogP contribution in [0.5, 0.6) is 0 Å². The fraction of sp³-hybridized carbons (Fsp3) is 0.609. The predicted molar refractivity (Wildman–Crippen MR) is 123 cm³/mol. The largest absolute Gasteiger partial charge is 0.357 e. The van der Waals surface area contributed by atoms with Gasteiger partial charge >= 0.3 is 0 Å². The van der Waals surface area contributed by atoms with E-state index < -0.39 is 0 Å². The number of guanidine groups is 1. The number of nitrogens with zero attached hydrogens (tertiary/aromatic N) is 6. The van der Waals surface area contributed by atoms with E-state index >= 15 is 0 Å². The normalized spacial score (nSPS) is 19.2. The quantitative estimate of drug-likeness (QED) is 0.561. The number of aliphatic imine (C=N–C) groups is 1. The summed E-state index contributed by atoms with van der Waals surface area (Å²) in [7, 11) is 0. The maximum Gasteiger partial charge on any atom is 0.239 e. The van der Waals surface area contributed by atoms with E-state index in [9.17, 15) is 4.79 Å². The Bertz CT molecular complexity index is 861. The van der Waals surface area contributed by atoms with Gasteiger partial charge in [0.25, 0.3) is 0 Å². The van der Waals surface area contributed by atoms with E-state index in [1.165, 1.54) is 0 Å². The molecule has 0 aromatic carbocycles. The molecule has 4 heterocycles. The molecule has 2 aromatic rings. The molecule has 0 spiro atoms. The van der Waals surface area contributed by atoms with E-state index in [0.29, 0.717) is 12.5 Å². The number of hydrogen-bond donors (Lipinski definition) is 1. The molecular formula is C23H35N7O. The Balaban J connectivity index is 1.30. The van der Waals surface area contributed by atoms with Crippen LogP contribution in [0.4, 0.5) is 0 Å². The van der Waals surface area contributed by atoms with Gasteiger partial charge in [-0.25, -0.2) is 4.98 Å². The molecule has 1 atom stereocenters. The van der Waals surface area contributed by atoms with Gasteiger partial charge in [-0.1, -0.05) is 6.07 Å². The van der Waals surface area contributed by atoms with Crippen LogP contribution in [0.1, 0.15) is 32.4 Å². The van der Waals surface area contributed by atoms with Gasteiger partial charge < -0.3 is 19.5 Å². The molecule has 2 aliphatic rings. The van der Waals surface area contributed by atoms with E-state index in [1.54, 1.807) is 0 Å². The minimum atomic E-state index is -0.0326. The van der Waals surface area contributed by atoms with Crippen LogP contribution in [-0.2, 0) is 11.2 Å². The van der Waals surface area contributed by atoms with Gasteiger partial charge in [0.15, 0.2) is 5.96 Å². The Morgan fingerprint density at radius 3 is 2.61 bits per heavy atom. The van der Waals surface area contributed by atoms with E-state index in [-0.39, 0.29) is 6.04 Å². The van der Waals surface area contributed by atoms with Crippen LogP contribution < -0.4 is 5.32 Å². The summed E-state index contributed by atoms with van der Waals surface area (Å²) in [5, 5.41) is 3.43. The van der Waals surface area contributed by atoms with Crippen LogP contribution in [0, 0.1) is 0 Å². The molecular weight excluding hydrogens is 390 g/mol. The molecule has 0 saturated carbocycles. The van der Waals surface area contributed by atoms with Crippen LogP contribution in [0.2, 0.25) is 0 Å². The first-order valence-electron chi connectivity index (χ1n) is 11.6. The number of fused-ring (bicyclic) bond motifs is 1. The van der Waals surface area contributed by atoms with E-state index in [2.05, 4.69) is 40.1 Å². The average molecular weight is 426 g/mol. The number of aromatic nitrogens is 2. The van der Waals surface area contributed by atoms with Crippen molar-refractivity contribution in [1.29, 1.82) is 0 Å². The number of carbonyl (C=O) groups excluding carboxylic acids is 1. The minimum Gasteiger partial charge on any atom is -0.357 e. The number of imidazole rings is 1. The number of carbonyl (C=O) groups is 1. The summed E-state index contributed by atoms with van der Waals surface area (Å²) < 4.78 is 2.05. The van der Waals surface area contributed by atoms with E-state index in [0.717, 1.165) is 82.4 Å². The topological polar surface area (TPSA) is 68.5 Å². The maximum absolute atomic E-state index is 12.7. The van der Waals surface area contributed by atoms with Gasteiger partial charge in [-0.3, -0.25) is 14.7 Å². The van der Waals surface area contributed by atoms with Gasteiger partial charge in [-0.15, -0.1) is 0 Å². The lowest BCUT2D eigenvalue weighted by Gasteiger charge is -2.39. The lowest BCUT2D eigenvalue weighted by atomic mass is 10.2. The number of pyridine rings is 1. The van der Waals surface area contributed by atoms with Crippen molar-refractivity contribution in [2.75, 3.05) is 52.4 Å². The van der Waals surface area contributed by atoms with Gasteiger partial charge in [-0.05, 0) is 38.8 Å². The molecule has 2 saturated heterocycles. The van der Waals surface area contributed by atoms with Crippen molar-refractivity contribution >= 4 is 17.5 Å². The van der Waals surface area contributed by atoms with Crippen LogP contribution in [0.3, 0.4) is 0 Å². The van der Waals surface area contributed by atoms with Crippen LogP contribution in [0.25, 0.3) is 5.65 Å². The highest BCUT2D eigenvalue weighted by molar-refractivity contribution is 5.82. The first kappa shape index (κ1) is 21.6. The van der Waals surface area contributed by atoms with Gasteiger partial charge in [0.05, 0.1) is 11.7 Å². The fourth-order valence-electron chi connectivity index (χ4n) is 4.49. The number of likely N-dealkylation sites (tertiary alicyclic amines) is 1. The van der Waals surface area contributed by atoms with Gasteiger partial charge in [-0.2, -0.15) is 0 Å². The second-order valence-electron chi connectivity index (χ2n) is 8.42. The van der Waals surface area contributed by atoms with Crippen LogP contribution >= 0.6 is 0 Å². The van der Waals surface area contributed by atoms with Gasteiger partial charge in [0.1, 0.15) is 5.65 Å². The Hall–Kier alpha value is -2.61. The SMILES string of the molecule is CCNC(=NCCc1cn2ccccc2n1)N1CCN(C(C)C(=O)N2CCCC2)CC1. The summed E-state index contributed by atoms with van der Waals surface area (Å²) in [5.41, 5.74) is 2.03. The van der Waals surface area contributed by atoms with Crippen molar-refractivity contribution in [2.45, 2.75) is 39.2 Å². The standard InChI is InChI=1S/C23H35N7O/c1-3-24-23(25-10-9-20-18-30-13-5-4-8-21(30)26-20)29-16-14-27(15-17-29)19(2)22(31)28-11-6-7-12-28/h4-5,8,13,18-19H,3,6-7,9-12,14-17H2,1-2H3,(H,24,25). The molecule has 8 nitrogen and oxygen atoms in total. The van der Waals surface area contributed by atoms with Crippen LogP contribution in [0.15, 0.2) is 35.6 Å². The molecule has 2 aromatic heterocycles. The number of nitrogens with one attached hydrogen (secondary N) is 1. The lowest BCUT2D eigenvalue weighted by molar-refractivity contribution is -0.135. The van der Waals surface area contributed by atoms with E-state index in [4.69, 9.17) is 4.99 Å². The first-order valence-corrected chi connectivity index (χ1v) is 11.6. The summed E-state index contributed by atoms with van der Waals surface area (Å²) in [6.07, 6.45) is 7.20. The molecule has 31 heavy (non-hydrogen) atoms. The highest BCUT2D eigenvalue weighted by Crippen LogP contribution is 2.14. The molecule has 0 aliphatic carbocycles. The third-order valence-electron chi connectivity index (χ3n) is 6.31. The lowest BCUT2D eigenvalue weighted by Crippen LogP contribution is -2.57. The molecule has 0 radical (unpaired) electrons. The first-order chi connectivity index (χ1) is 15.2. The Morgan fingerprint density at radius 1 is 1.13 bits per heavy atom. The zero-order valence-corrected chi connectivity index (χ0v) is 18.8. The number of rotatable bonds is 6. The van der Waals surface area contributed by atoms with Gasteiger partial charge in [0, 0.05) is 71.2 Å². The molecule has 1 N–H and O–H groups in total. The summed E-state index contributed by atoms with van der Waals surface area (Å²) in [4.78, 5) is 28.9. The van der Waals surface area contributed by atoms with Crippen molar-refractivity contribution < 1.29 is 4.79 Å². The highest BCUT2D eigenvalue weighted by Gasteiger charge is 2.30. The Labute approximate surface area is 184 Å². The molecule has 2 aliphatic heterocycles. The monoisotopic (exact) mass is 425 g/mol. The number of piperazine rings is 1. The summed E-state index contributed by atoms with van der Waals surface area (Å²) in [5.74, 6) is 1.25. The van der Waals surface area contributed by atoms with Crippen molar-refractivity contribution in [1.82, 2.24) is 29.4 Å². The van der Waals surface area contributed by atoms with Gasteiger partial charge in [0.2, 0.25) is 5.91 Å². The summed E-state index contributed by atoms with van der Waals surface area (Å²) in [6.45, 7) is 11.1. The number of amides is 1. The Kier molecular flexibility index (Phi) is 7.06. The minimum absolute atomic E-state index is 0.0326. The molecule has 0 bridgehead atoms. The summed E-state index contributed by atoms with van der Waals surface area (Å²) >= 11 is 0. The molecule has 168 valence electrons. The molecule has 4 rings (SSSR count). The van der Waals surface area contributed by atoms with E-state index in [1.807, 2.05) is 33.7 Å². The molecule has 2 fully saturated rings. The van der Waals surface area contributed by atoms with Crippen LogP contribution in [-0.4, -0.2) is 94.4 Å². The molecule has 1 unspecified atom stereocenters. The Morgan fingerprint density at radius 2 is 1.90 bits per heavy atom. The van der Waals surface area contributed by atoms with Crippen molar-refractivity contribution in [3.8, 4) is 0 Å². The zero-order valence-electron chi connectivity index (χ0n) is 18.8. The summed E-state index contributed by atoms with van der Waals surface area (Å²) in [6, 6.07) is 6.01. The average Bonchev–Trinajstić information content (AvgIpc) is 3.47. The second kappa shape index (κ2) is 10.1. The fourth-order valence-corrected chi connectivity index (χ4v) is 4.49. The van der Waals surface area contributed by atoms with Crippen molar-refractivity contribution in [3.05, 3.63) is 36.3 Å². The van der Waals surface area contributed by atoms with Crippen molar-refractivity contribution in [3.63, 3.8) is 0 Å². The van der Waals surface area contributed by atoms with Crippen molar-refractivity contribution in [2.24, 2.45) is 4.99 Å². The predicted octanol–water partition coefficient (Wildman–Crippen LogP) is 1.47. The third kappa shape index (κ3) is 5.18.